The van der Waals surface area contributed by atoms with Crippen molar-refractivity contribution in [1.82, 2.24) is 5.32 Å². The minimum Gasteiger partial charge on any atom is -0.479 e. The molecule has 0 fully saturated rings. The predicted octanol–water partition coefficient (Wildman–Crippen LogP) is 0.190. The SMILES string of the molecule is COC(CNC(=O)/C=C/S(=O)(=O)c1ccccc1)C(=O)O. The Hall–Kier alpha value is -2.19. The Balaban J connectivity index is 2.64. The second-order valence-corrected chi connectivity index (χ2v) is 5.80. The Morgan fingerprint density at radius 1 is 1.33 bits per heavy atom. The van der Waals surface area contributed by atoms with Crippen molar-refractivity contribution < 1.29 is 27.9 Å². The van der Waals surface area contributed by atoms with E-state index in [2.05, 4.69) is 10.1 Å². The summed E-state index contributed by atoms with van der Waals surface area (Å²) in [7, 11) is -2.51. The second kappa shape index (κ2) is 7.55. The van der Waals surface area contributed by atoms with E-state index in [4.69, 9.17) is 5.11 Å². The van der Waals surface area contributed by atoms with Crippen molar-refractivity contribution >= 4 is 21.7 Å². The van der Waals surface area contributed by atoms with E-state index in [0.29, 0.717) is 0 Å². The molecule has 21 heavy (non-hydrogen) atoms. The van der Waals surface area contributed by atoms with E-state index in [1.807, 2.05) is 0 Å². The number of methoxy groups -OCH3 is 1. The molecular formula is C13H15NO6S. The number of ether oxygens (including phenoxy) is 1. The van der Waals surface area contributed by atoms with Crippen molar-refractivity contribution in [3.8, 4) is 0 Å². The van der Waals surface area contributed by atoms with Gasteiger partial charge in [0.05, 0.1) is 11.4 Å². The summed E-state index contributed by atoms with van der Waals surface area (Å²) in [5, 5.41) is 11.7. The van der Waals surface area contributed by atoms with Crippen LogP contribution in [0, 0.1) is 0 Å². The first-order valence-electron chi connectivity index (χ1n) is 5.88. The van der Waals surface area contributed by atoms with Crippen LogP contribution in [0.25, 0.3) is 0 Å². The van der Waals surface area contributed by atoms with Gasteiger partial charge in [0.1, 0.15) is 0 Å². The first kappa shape index (κ1) is 16.9. The van der Waals surface area contributed by atoms with E-state index < -0.39 is 27.8 Å². The normalized spacial score (nSPS) is 13.0. The van der Waals surface area contributed by atoms with Gasteiger partial charge in [0, 0.05) is 18.6 Å². The number of hydrogen-bond donors (Lipinski definition) is 2. The average molecular weight is 313 g/mol. The van der Waals surface area contributed by atoms with Gasteiger partial charge in [-0.2, -0.15) is 0 Å². The summed E-state index contributed by atoms with van der Waals surface area (Å²) in [4.78, 5) is 22.2. The highest BCUT2D eigenvalue weighted by Crippen LogP contribution is 2.10. The maximum absolute atomic E-state index is 11.9. The Kier molecular flexibility index (Phi) is 6.07. The van der Waals surface area contributed by atoms with Gasteiger partial charge in [-0.25, -0.2) is 13.2 Å². The summed E-state index contributed by atoms with van der Waals surface area (Å²) in [6.07, 6.45) is -0.357. The lowest BCUT2D eigenvalue weighted by atomic mass is 10.3. The number of amides is 1. The number of carboxylic acid groups (broad SMARTS) is 1. The number of carbonyl (C=O) groups excluding carboxylic acids is 1. The molecule has 0 spiro atoms. The molecule has 0 bridgehead atoms. The van der Waals surface area contributed by atoms with Crippen molar-refractivity contribution in [1.29, 1.82) is 0 Å². The number of nitrogens with one attached hydrogen (secondary N) is 1. The quantitative estimate of drug-likeness (QED) is 0.695. The molecule has 0 saturated heterocycles. The molecule has 0 aliphatic heterocycles. The Bertz CT molecular complexity index is 623. The fourth-order valence-electron chi connectivity index (χ4n) is 1.36. The lowest BCUT2D eigenvalue weighted by Crippen LogP contribution is -2.37. The predicted molar refractivity (Wildman–Crippen MR) is 74.2 cm³/mol. The van der Waals surface area contributed by atoms with Gasteiger partial charge < -0.3 is 15.2 Å². The summed E-state index contributed by atoms with van der Waals surface area (Å²) in [5.74, 6) is -1.95. The van der Waals surface area contributed by atoms with Crippen LogP contribution in [0.4, 0.5) is 0 Å². The zero-order valence-electron chi connectivity index (χ0n) is 11.2. The third kappa shape index (κ3) is 5.36. The lowest BCUT2D eigenvalue weighted by Gasteiger charge is -2.10. The molecule has 8 heteroatoms. The molecule has 1 unspecified atom stereocenters. The number of benzene rings is 1. The molecule has 2 N–H and O–H groups in total. The van der Waals surface area contributed by atoms with Gasteiger partial charge >= 0.3 is 5.97 Å². The number of sulfone groups is 1. The minimum atomic E-state index is -3.70. The molecule has 1 atom stereocenters. The molecule has 0 radical (unpaired) electrons. The third-order valence-electron chi connectivity index (χ3n) is 2.49. The second-order valence-electron chi connectivity index (χ2n) is 3.97. The van der Waals surface area contributed by atoms with Crippen LogP contribution in [-0.4, -0.2) is 45.2 Å². The highest BCUT2D eigenvalue weighted by atomic mass is 32.2. The smallest absolute Gasteiger partial charge is 0.334 e. The summed E-state index contributed by atoms with van der Waals surface area (Å²) in [6.45, 7) is -0.264. The van der Waals surface area contributed by atoms with Gasteiger partial charge in [0.2, 0.25) is 5.91 Å². The molecule has 0 saturated carbocycles. The van der Waals surface area contributed by atoms with Gasteiger partial charge in [-0.3, -0.25) is 4.79 Å². The first-order chi connectivity index (χ1) is 9.86. The number of carboxylic acids is 1. The molecule has 7 nitrogen and oxygen atoms in total. The topological polar surface area (TPSA) is 110 Å². The summed E-state index contributed by atoms with van der Waals surface area (Å²) in [6, 6.07) is 7.62. The van der Waals surface area contributed by atoms with Crippen LogP contribution >= 0.6 is 0 Å². The highest BCUT2D eigenvalue weighted by molar-refractivity contribution is 7.94. The Labute approximate surface area is 122 Å². The van der Waals surface area contributed by atoms with Crippen LogP contribution in [0.15, 0.2) is 46.7 Å². The van der Waals surface area contributed by atoms with Crippen LogP contribution in [0.3, 0.4) is 0 Å². The maximum atomic E-state index is 11.9. The van der Waals surface area contributed by atoms with Crippen molar-refractivity contribution in [3.63, 3.8) is 0 Å². The zero-order valence-corrected chi connectivity index (χ0v) is 12.0. The van der Waals surface area contributed by atoms with E-state index in [1.54, 1.807) is 18.2 Å². The van der Waals surface area contributed by atoms with Crippen LogP contribution < -0.4 is 5.32 Å². The van der Waals surface area contributed by atoms with Gasteiger partial charge in [-0.1, -0.05) is 18.2 Å². The van der Waals surface area contributed by atoms with Crippen LogP contribution in [0.5, 0.6) is 0 Å². The molecular weight excluding hydrogens is 298 g/mol. The Morgan fingerprint density at radius 3 is 2.48 bits per heavy atom. The van der Waals surface area contributed by atoms with Crippen LogP contribution in [0.2, 0.25) is 0 Å². The maximum Gasteiger partial charge on any atom is 0.334 e. The number of rotatable bonds is 7. The molecule has 1 aromatic rings. The third-order valence-corrected chi connectivity index (χ3v) is 3.92. The van der Waals surface area contributed by atoms with Crippen LogP contribution in [0.1, 0.15) is 0 Å². The van der Waals surface area contributed by atoms with Crippen molar-refractivity contribution in [2.24, 2.45) is 0 Å². The van der Waals surface area contributed by atoms with E-state index in [9.17, 15) is 18.0 Å². The highest BCUT2D eigenvalue weighted by Gasteiger charge is 2.16. The zero-order chi connectivity index (χ0) is 15.9. The van der Waals surface area contributed by atoms with Gasteiger partial charge in [-0.05, 0) is 12.1 Å². The number of hydrogen-bond acceptors (Lipinski definition) is 5. The van der Waals surface area contributed by atoms with Gasteiger partial charge in [0.15, 0.2) is 15.9 Å². The lowest BCUT2D eigenvalue weighted by molar-refractivity contribution is -0.148. The molecule has 0 aliphatic carbocycles. The van der Waals surface area contributed by atoms with E-state index in [-0.39, 0.29) is 11.4 Å². The Morgan fingerprint density at radius 2 is 1.95 bits per heavy atom. The number of aliphatic carboxylic acids is 1. The van der Waals surface area contributed by atoms with Gasteiger partial charge in [-0.15, -0.1) is 0 Å². The summed E-state index contributed by atoms with van der Waals surface area (Å²) >= 11 is 0. The fraction of sp³-hybridized carbons (Fsp3) is 0.231. The van der Waals surface area contributed by atoms with E-state index in [0.717, 1.165) is 11.5 Å². The summed E-state index contributed by atoms with van der Waals surface area (Å²) in [5.41, 5.74) is 0. The monoisotopic (exact) mass is 313 g/mol. The molecule has 1 aromatic carbocycles. The van der Waals surface area contributed by atoms with Crippen molar-refractivity contribution in [3.05, 3.63) is 41.8 Å². The first-order valence-corrected chi connectivity index (χ1v) is 7.43. The summed E-state index contributed by atoms with van der Waals surface area (Å²) < 4.78 is 28.3. The molecule has 0 aromatic heterocycles. The van der Waals surface area contributed by atoms with Crippen LogP contribution in [-0.2, 0) is 24.2 Å². The van der Waals surface area contributed by atoms with E-state index >= 15 is 0 Å². The average Bonchev–Trinajstić information content (AvgIpc) is 2.46. The molecule has 0 aliphatic rings. The molecule has 1 amide bonds. The largest absolute Gasteiger partial charge is 0.479 e. The fourth-order valence-corrected chi connectivity index (χ4v) is 2.36. The molecule has 1 rings (SSSR count). The minimum absolute atomic E-state index is 0.0642. The van der Waals surface area contributed by atoms with Crippen molar-refractivity contribution in [2.75, 3.05) is 13.7 Å². The van der Waals surface area contributed by atoms with Crippen molar-refractivity contribution in [2.45, 2.75) is 11.0 Å². The molecule has 114 valence electrons. The van der Waals surface area contributed by atoms with Gasteiger partial charge in [0.25, 0.3) is 0 Å². The molecule has 0 heterocycles. The standard InChI is InChI=1S/C13H15NO6S/c1-20-11(13(16)17)9-14-12(15)7-8-21(18,19)10-5-3-2-4-6-10/h2-8,11H,9H2,1H3,(H,14,15)(H,16,17)/b8-7+. The number of carbonyl (C=O) groups is 2. The van der Waals surface area contributed by atoms with E-state index in [1.165, 1.54) is 19.2 Å².